The van der Waals surface area contributed by atoms with Crippen molar-refractivity contribution in [3.8, 4) is 0 Å². The Bertz CT molecular complexity index is 810. The van der Waals surface area contributed by atoms with Crippen molar-refractivity contribution in [2.45, 2.75) is 77.7 Å². The van der Waals surface area contributed by atoms with Crippen LogP contribution in [0.5, 0.6) is 0 Å². The summed E-state index contributed by atoms with van der Waals surface area (Å²) in [7, 11) is 0. The van der Waals surface area contributed by atoms with Crippen LogP contribution < -0.4 is 16.0 Å². The molecule has 0 radical (unpaired) electrons. The smallest absolute Gasteiger partial charge is 0.251 e. The lowest BCUT2D eigenvalue weighted by molar-refractivity contribution is -0.148. The summed E-state index contributed by atoms with van der Waals surface area (Å²) in [6, 6.07) is 7.05. The predicted octanol–water partition coefficient (Wildman–Crippen LogP) is 1.69. The van der Waals surface area contributed by atoms with Crippen LogP contribution in [0.3, 0.4) is 0 Å². The van der Waals surface area contributed by atoms with Gasteiger partial charge in [0, 0.05) is 17.6 Å². The zero-order chi connectivity index (χ0) is 22.3. The highest BCUT2D eigenvalue weighted by molar-refractivity contribution is 5.99. The first-order valence-electron chi connectivity index (χ1n) is 10.6. The van der Waals surface area contributed by atoms with Gasteiger partial charge in [0.1, 0.15) is 12.1 Å². The van der Waals surface area contributed by atoms with E-state index in [1.165, 1.54) is 0 Å². The molecule has 3 N–H and O–H groups in total. The van der Waals surface area contributed by atoms with E-state index >= 15 is 0 Å². The van der Waals surface area contributed by atoms with Crippen LogP contribution in [0.25, 0.3) is 0 Å². The molecule has 1 aromatic rings. The maximum atomic E-state index is 13.2. The molecule has 0 bridgehead atoms. The van der Waals surface area contributed by atoms with Crippen LogP contribution in [-0.2, 0) is 9.59 Å². The number of nitrogens with one attached hydrogen (secondary N) is 3. The Morgan fingerprint density at radius 3 is 2.30 bits per heavy atom. The number of hydrogen-bond donors (Lipinski definition) is 3. The van der Waals surface area contributed by atoms with Gasteiger partial charge in [0.2, 0.25) is 11.8 Å². The van der Waals surface area contributed by atoms with Crippen molar-refractivity contribution < 1.29 is 14.4 Å². The second kappa shape index (κ2) is 8.02. The Morgan fingerprint density at radius 2 is 1.73 bits per heavy atom. The number of carbonyl (C=O) groups excluding carboxylic acids is 3. The summed E-state index contributed by atoms with van der Waals surface area (Å²) >= 11 is 0. The molecule has 2 heterocycles. The van der Waals surface area contributed by atoms with Crippen LogP contribution in [0.2, 0.25) is 0 Å². The van der Waals surface area contributed by atoms with Crippen molar-refractivity contribution in [2.24, 2.45) is 5.41 Å². The quantitative estimate of drug-likeness (QED) is 0.699. The third-order valence-corrected chi connectivity index (χ3v) is 5.44. The van der Waals surface area contributed by atoms with E-state index in [0.717, 1.165) is 0 Å². The Kier molecular flexibility index (Phi) is 5.96. The molecule has 7 heteroatoms. The lowest BCUT2D eigenvalue weighted by atomic mass is 9.86. The van der Waals surface area contributed by atoms with Crippen molar-refractivity contribution in [3.05, 3.63) is 35.9 Å². The van der Waals surface area contributed by atoms with E-state index in [4.69, 9.17) is 0 Å². The number of amides is 3. The molecule has 2 saturated heterocycles. The minimum Gasteiger partial charge on any atom is -0.346 e. The summed E-state index contributed by atoms with van der Waals surface area (Å²) in [5, 5.41) is 9.45. The Balaban J connectivity index is 1.85. The molecule has 2 fully saturated rings. The fourth-order valence-electron chi connectivity index (χ4n) is 4.31. The van der Waals surface area contributed by atoms with Gasteiger partial charge in [-0.15, -0.1) is 0 Å². The van der Waals surface area contributed by atoms with Gasteiger partial charge in [0.05, 0.1) is 12.1 Å². The first-order valence-corrected chi connectivity index (χ1v) is 10.6. The minimum atomic E-state index is -0.644. The van der Waals surface area contributed by atoms with E-state index in [-0.39, 0.29) is 40.8 Å². The molecule has 2 aliphatic rings. The largest absolute Gasteiger partial charge is 0.346 e. The zero-order valence-electron chi connectivity index (χ0n) is 18.8. The third kappa shape index (κ3) is 5.01. The Labute approximate surface area is 179 Å². The Morgan fingerprint density at radius 1 is 1.10 bits per heavy atom. The van der Waals surface area contributed by atoms with Crippen molar-refractivity contribution in [1.82, 2.24) is 20.9 Å². The molecular weight excluding hydrogens is 380 g/mol. The molecule has 0 aliphatic carbocycles. The maximum Gasteiger partial charge on any atom is 0.251 e. The van der Waals surface area contributed by atoms with Gasteiger partial charge >= 0.3 is 0 Å². The third-order valence-electron chi connectivity index (χ3n) is 5.44. The number of nitrogens with zero attached hydrogens (tertiary/aromatic N) is 1. The molecule has 7 nitrogen and oxygen atoms in total. The monoisotopic (exact) mass is 414 g/mol. The highest BCUT2D eigenvalue weighted by atomic mass is 16.2. The molecule has 3 rings (SSSR count). The van der Waals surface area contributed by atoms with E-state index in [9.17, 15) is 14.4 Å². The topological polar surface area (TPSA) is 90.5 Å². The second-order valence-electron chi connectivity index (χ2n) is 10.6. The van der Waals surface area contributed by atoms with Crippen molar-refractivity contribution in [1.29, 1.82) is 0 Å². The van der Waals surface area contributed by atoms with E-state index in [1.54, 1.807) is 17.0 Å². The summed E-state index contributed by atoms with van der Waals surface area (Å²) in [6.07, 6.45) is 0.569. The molecule has 30 heavy (non-hydrogen) atoms. The van der Waals surface area contributed by atoms with Gasteiger partial charge in [-0.3, -0.25) is 14.4 Å². The molecule has 0 aromatic heterocycles. The zero-order valence-corrected chi connectivity index (χ0v) is 18.8. The van der Waals surface area contributed by atoms with E-state index < -0.39 is 12.1 Å². The van der Waals surface area contributed by atoms with Gasteiger partial charge in [-0.2, -0.15) is 0 Å². The van der Waals surface area contributed by atoms with Crippen molar-refractivity contribution >= 4 is 17.7 Å². The molecule has 1 aromatic carbocycles. The number of benzene rings is 1. The van der Waals surface area contributed by atoms with Gasteiger partial charge in [-0.05, 0) is 44.7 Å². The highest BCUT2D eigenvalue weighted by Gasteiger charge is 2.53. The van der Waals surface area contributed by atoms with Crippen LogP contribution in [0, 0.1) is 5.41 Å². The van der Waals surface area contributed by atoms with Crippen molar-refractivity contribution in [2.75, 3.05) is 6.54 Å². The van der Waals surface area contributed by atoms with Gasteiger partial charge in [-0.25, -0.2) is 0 Å². The molecule has 0 saturated carbocycles. The average molecular weight is 415 g/mol. The van der Waals surface area contributed by atoms with Crippen LogP contribution >= 0.6 is 0 Å². The number of carbonyl (C=O) groups is 3. The first kappa shape index (κ1) is 22.3. The molecular formula is C23H34N4O3. The minimum absolute atomic E-state index is 0.0771. The fraction of sp³-hybridized carbons (Fsp3) is 0.609. The molecule has 4 atom stereocenters. The molecule has 3 amide bonds. The van der Waals surface area contributed by atoms with Crippen LogP contribution in [0.4, 0.5) is 0 Å². The van der Waals surface area contributed by atoms with Gasteiger partial charge in [-0.1, -0.05) is 39.0 Å². The summed E-state index contributed by atoms with van der Waals surface area (Å²) < 4.78 is 0. The van der Waals surface area contributed by atoms with Crippen LogP contribution in [0.1, 0.15) is 58.3 Å². The number of hydrogen-bond acceptors (Lipinski definition) is 4. The lowest BCUT2D eigenvalue weighted by Gasteiger charge is -2.39. The summed E-state index contributed by atoms with van der Waals surface area (Å²) in [5.74, 6) is -0.450. The van der Waals surface area contributed by atoms with Gasteiger partial charge in [0.25, 0.3) is 5.91 Å². The van der Waals surface area contributed by atoms with Gasteiger partial charge in [0.15, 0.2) is 0 Å². The number of rotatable bonds is 4. The Hall–Kier alpha value is -2.41. The van der Waals surface area contributed by atoms with Gasteiger partial charge < -0.3 is 20.9 Å². The number of piperazine rings is 1. The summed E-state index contributed by atoms with van der Waals surface area (Å²) in [5.41, 5.74) is 0.171. The normalized spacial score (nSPS) is 26.9. The average Bonchev–Trinajstić information content (AvgIpc) is 2.96. The molecule has 4 unspecified atom stereocenters. The van der Waals surface area contributed by atoms with E-state index in [0.29, 0.717) is 18.5 Å². The van der Waals surface area contributed by atoms with E-state index in [1.807, 2.05) is 39.0 Å². The molecule has 0 spiro atoms. The maximum absolute atomic E-state index is 13.2. The number of fused-ring (bicyclic) bond motifs is 1. The fourth-order valence-corrected chi connectivity index (χ4v) is 4.31. The van der Waals surface area contributed by atoms with E-state index in [2.05, 4.69) is 36.7 Å². The second-order valence-corrected chi connectivity index (χ2v) is 10.6. The lowest BCUT2D eigenvalue weighted by Crippen LogP contribution is -2.67. The summed E-state index contributed by atoms with van der Waals surface area (Å²) in [6.45, 7) is 12.5. The standard InChI is InChI=1S/C23H34N4O3/c1-22(2,3)12-15-21(30)27-13-16(25-19(28)14-10-8-7-9-11-14)17(26-23(4,5)6)18(27)20(29)24-15/h7-11,15-18,26H,12-13H2,1-6H3,(H,24,29)(H,25,28). The van der Waals surface area contributed by atoms with Crippen molar-refractivity contribution in [3.63, 3.8) is 0 Å². The molecule has 164 valence electrons. The predicted molar refractivity (Wildman–Crippen MR) is 116 cm³/mol. The molecule has 2 aliphatic heterocycles. The highest BCUT2D eigenvalue weighted by Crippen LogP contribution is 2.29. The van der Waals surface area contributed by atoms with Crippen LogP contribution in [0.15, 0.2) is 30.3 Å². The first-order chi connectivity index (χ1) is 13.9. The summed E-state index contributed by atoms with van der Waals surface area (Å²) in [4.78, 5) is 40.7. The van der Waals surface area contributed by atoms with Crippen LogP contribution in [-0.4, -0.2) is 58.9 Å². The SMILES string of the molecule is CC(C)(C)CC1NC(=O)C2C(NC(C)(C)C)C(NC(=O)c3ccccc3)CN2C1=O.